The molecule has 1 aromatic carbocycles. The van der Waals surface area contributed by atoms with E-state index >= 15 is 0 Å². The van der Waals surface area contributed by atoms with Gasteiger partial charge < -0.3 is 10.4 Å². The largest absolute Gasteiger partial charge is 0.481 e. The number of amides is 1. The summed E-state index contributed by atoms with van der Waals surface area (Å²) in [5.74, 6) is -1.22. The Morgan fingerprint density at radius 1 is 1.28 bits per heavy atom. The fourth-order valence-electron chi connectivity index (χ4n) is 1.76. The van der Waals surface area contributed by atoms with Gasteiger partial charge in [-0.1, -0.05) is 37.3 Å². The van der Waals surface area contributed by atoms with E-state index in [2.05, 4.69) is 5.32 Å². The zero-order valence-electron chi connectivity index (χ0n) is 10.8. The maximum atomic E-state index is 11.7. The van der Waals surface area contributed by atoms with E-state index in [9.17, 15) is 14.7 Å². The van der Waals surface area contributed by atoms with E-state index in [4.69, 9.17) is 0 Å². The van der Waals surface area contributed by atoms with Crippen LogP contribution >= 0.6 is 0 Å². The molecule has 0 heterocycles. The van der Waals surface area contributed by atoms with Gasteiger partial charge in [-0.3, -0.25) is 9.59 Å². The Labute approximate surface area is 107 Å². The van der Waals surface area contributed by atoms with Crippen molar-refractivity contribution in [1.82, 2.24) is 5.32 Å². The average Bonchev–Trinajstić information content (AvgIpc) is 2.37. The summed E-state index contributed by atoms with van der Waals surface area (Å²) in [5, 5.41) is 12.1. The summed E-state index contributed by atoms with van der Waals surface area (Å²) >= 11 is 0. The number of carboxylic acids is 1. The van der Waals surface area contributed by atoms with Gasteiger partial charge in [0.2, 0.25) is 5.91 Å². The molecule has 1 atom stereocenters. The number of carboxylic acid groups (broad SMARTS) is 1. The molecule has 1 aromatic rings. The second-order valence-electron chi connectivity index (χ2n) is 4.53. The molecule has 98 valence electrons. The second-order valence-corrected chi connectivity index (χ2v) is 4.53. The molecule has 1 rings (SSSR count). The van der Waals surface area contributed by atoms with Crippen LogP contribution in [-0.4, -0.2) is 23.5 Å². The maximum Gasteiger partial charge on any atom is 0.314 e. The number of rotatable bonds is 6. The summed E-state index contributed by atoms with van der Waals surface area (Å²) in [6.45, 7) is 4.10. The lowest BCUT2D eigenvalue weighted by atomic mass is 9.79. The lowest BCUT2D eigenvalue weighted by molar-refractivity contribution is -0.145. The third kappa shape index (κ3) is 3.32. The lowest BCUT2D eigenvalue weighted by Crippen LogP contribution is -2.39. The quantitative estimate of drug-likeness (QED) is 0.809. The van der Waals surface area contributed by atoms with Crippen LogP contribution in [0.15, 0.2) is 30.3 Å². The number of benzene rings is 1. The fraction of sp³-hybridized carbons (Fsp3) is 0.429. The summed E-state index contributed by atoms with van der Waals surface area (Å²) in [5.41, 5.74) is -0.539. The van der Waals surface area contributed by atoms with Gasteiger partial charge in [-0.2, -0.15) is 0 Å². The predicted octanol–water partition coefficient (Wildman–Crippen LogP) is 1.95. The molecule has 0 aliphatic carbocycles. The average molecular weight is 249 g/mol. The minimum atomic E-state index is -1.18. The van der Waals surface area contributed by atoms with Crippen molar-refractivity contribution in [3.63, 3.8) is 0 Å². The topological polar surface area (TPSA) is 66.4 Å². The van der Waals surface area contributed by atoms with E-state index in [1.807, 2.05) is 13.0 Å². The second kappa shape index (κ2) is 6.19. The van der Waals surface area contributed by atoms with Gasteiger partial charge in [-0.15, -0.1) is 0 Å². The monoisotopic (exact) mass is 249 g/mol. The summed E-state index contributed by atoms with van der Waals surface area (Å²) < 4.78 is 0. The van der Waals surface area contributed by atoms with Crippen molar-refractivity contribution in [1.29, 1.82) is 0 Å². The van der Waals surface area contributed by atoms with Gasteiger partial charge in [0.15, 0.2) is 0 Å². The molecule has 0 aliphatic heterocycles. The van der Waals surface area contributed by atoms with E-state index in [0.29, 0.717) is 12.1 Å². The van der Waals surface area contributed by atoms with E-state index in [1.165, 1.54) is 0 Å². The molecule has 0 aliphatic rings. The summed E-state index contributed by atoms with van der Waals surface area (Å²) in [6, 6.07) is 8.85. The highest BCUT2D eigenvalue weighted by Gasteiger charge is 2.37. The molecule has 0 aromatic heterocycles. The van der Waals surface area contributed by atoms with Crippen molar-refractivity contribution < 1.29 is 14.7 Å². The highest BCUT2D eigenvalue weighted by atomic mass is 16.4. The van der Waals surface area contributed by atoms with Crippen LogP contribution < -0.4 is 5.32 Å². The molecule has 0 saturated heterocycles. The molecular weight excluding hydrogens is 230 g/mol. The molecule has 18 heavy (non-hydrogen) atoms. The van der Waals surface area contributed by atoms with Crippen molar-refractivity contribution in [2.24, 2.45) is 0 Å². The number of nitrogens with one attached hydrogen (secondary N) is 1. The molecule has 0 spiro atoms. The van der Waals surface area contributed by atoms with Crippen LogP contribution in [0.5, 0.6) is 0 Å². The predicted molar refractivity (Wildman–Crippen MR) is 69.3 cm³/mol. The van der Waals surface area contributed by atoms with Crippen LogP contribution in [0.25, 0.3) is 0 Å². The maximum absolute atomic E-state index is 11.7. The van der Waals surface area contributed by atoms with Gasteiger partial charge in [-0.05, 0) is 18.9 Å². The fourth-order valence-corrected chi connectivity index (χ4v) is 1.76. The van der Waals surface area contributed by atoms with E-state index < -0.39 is 11.4 Å². The minimum absolute atomic E-state index is 0.0493. The molecule has 0 saturated carbocycles. The van der Waals surface area contributed by atoms with Gasteiger partial charge in [0, 0.05) is 13.0 Å². The summed E-state index contributed by atoms with van der Waals surface area (Å²) in [4.78, 5) is 23.2. The summed E-state index contributed by atoms with van der Waals surface area (Å²) in [6.07, 6.45) is 0.785. The van der Waals surface area contributed by atoms with Crippen molar-refractivity contribution >= 4 is 11.9 Å². The first-order chi connectivity index (χ1) is 8.50. The van der Waals surface area contributed by atoms with E-state index in [-0.39, 0.29) is 12.3 Å². The van der Waals surface area contributed by atoms with Crippen LogP contribution in [0, 0.1) is 0 Å². The smallest absolute Gasteiger partial charge is 0.314 e. The molecule has 0 fully saturated rings. The number of carbonyl (C=O) groups excluding carboxylic acids is 1. The van der Waals surface area contributed by atoms with Gasteiger partial charge in [0.05, 0.1) is 5.41 Å². The molecule has 0 radical (unpaired) electrons. The number of hydrogen-bond donors (Lipinski definition) is 2. The molecule has 1 amide bonds. The Balaban J connectivity index is 2.89. The van der Waals surface area contributed by atoms with Crippen LogP contribution in [0.3, 0.4) is 0 Å². The molecule has 4 nitrogen and oxygen atoms in total. The Bertz CT molecular complexity index is 416. The zero-order valence-corrected chi connectivity index (χ0v) is 10.8. The Morgan fingerprint density at radius 2 is 1.89 bits per heavy atom. The van der Waals surface area contributed by atoms with E-state index in [1.54, 1.807) is 31.2 Å². The Hall–Kier alpha value is -1.84. The van der Waals surface area contributed by atoms with Gasteiger partial charge >= 0.3 is 5.97 Å². The van der Waals surface area contributed by atoms with Crippen LogP contribution in [-0.2, 0) is 15.0 Å². The molecule has 4 heteroatoms. The third-order valence-corrected chi connectivity index (χ3v) is 2.97. The molecule has 1 unspecified atom stereocenters. The van der Waals surface area contributed by atoms with Crippen LogP contribution in [0.2, 0.25) is 0 Å². The normalized spacial score (nSPS) is 13.7. The van der Waals surface area contributed by atoms with Crippen LogP contribution in [0.1, 0.15) is 32.3 Å². The Morgan fingerprint density at radius 3 is 2.39 bits per heavy atom. The zero-order chi connectivity index (χ0) is 13.6. The van der Waals surface area contributed by atoms with Crippen molar-refractivity contribution in [3.8, 4) is 0 Å². The number of aliphatic carboxylic acids is 1. The van der Waals surface area contributed by atoms with Crippen molar-refractivity contribution in [2.75, 3.05) is 6.54 Å². The van der Waals surface area contributed by atoms with Crippen molar-refractivity contribution in [3.05, 3.63) is 35.9 Å². The lowest BCUT2D eigenvalue weighted by Gasteiger charge is -2.24. The van der Waals surface area contributed by atoms with Gasteiger partial charge in [0.1, 0.15) is 0 Å². The number of hydrogen-bond acceptors (Lipinski definition) is 2. The highest BCUT2D eigenvalue weighted by molar-refractivity contribution is 5.89. The first-order valence-electron chi connectivity index (χ1n) is 6.06. The standard InChI is InChI=1S/C14H19NO3/c1-3-9-15-12(16)10-14(2,13(17)18)11-7-5-4-6-8-11/h4-8H,3,9-10H2,1-2H3,(H,15,16)(H,17,18). The van der Waals surface area contributed by atoms with E-state index in [0.717, 1.165) is 6.42 Å². The minimum Gasteiger partial charge on any atom is -0.481 e. The SMILES string of the molecule is CCCNC(=O)CC(C)(C(=O)O)c1ccccc1. The van der Waals surface area contributed by atoms with Crippen LogP contribution in [0.4, 0.5) is 0 Å². The first-order valence-corrected chi connectivity index (χ1v) is 6.06. The molecule has 0 bridgehead atoms. The summed E-state index contributed by atoms with van der Waals surface area (Å²) in [7, 11) is 0. The third-order valence-electron chi connectivity index (χ3n) is 2.97. The molecule has 2 N–H and O–H groups in total. The number of carbonyl (C=O) groups is 2. The Kier molecular flexibility index (Phi) is 4.89. The molecular formula is C14H19NO3. The highest BCUT2D eigenvalue weighted by Crippen LogP contribution is 2.27. The first kappa shape index (κ1) is 14.2. The van der Waals surface area contributed by atoms with Crippen molar-refractivity contribution in [2.45, 2.75) is 32.1 Å². The van der Waals surface area contributed by atoms with Gasteiger partial charge in [-0.25, -0.2) is 0 Å². The van der Waals surface area contributed by atoms with Gasteiger partial charge in [0.25, 0.3) is 0 Å².